The first kappa shape index (κ1) is 8.74. The van der Waals surface area contributed by atoms with E-state index in [2.05, 4.69) is 15.8 Å². The lowest BCUT2D eigenvalue weighted by Crippen LogP contribution is -2.34. The maximum Gasteiger partial charge on any atom is 0.405 e. The van der Waals surface area contributed by atoms with Crippen molar-refractivity contribution in [2.45, 2.75) is 13.0 Å². The zero-order chi connectivity index (χ0) is 8.15. The maximum absolute atomic E-state index is 10.6. The normalized spacial score (nSPS) is 11.8. The summed E-state index contributed by atoms with van der Waals surface area (Å²) in [5.74, 6) is -0.376. The Labute approximate surface area is 58.5 Å². The maximum atomic E-state index is 10.6. The minimum absolute atomic E-state index is 0.376. The molecule has 0 heterocycles. The van der Waals surface area contributed by atoms with Gasteiger partial charge in [-0.25, -0.2) is 4.79 Å². The molecular formula is C5H10N2O3. The molecule has 0 fully saturated rings. The van der Waals surface area contributed by atoms with E-state index in [4.69, 9.17) is 0 Å². The molecule has 58 valence electrons. The molecular weight excluding hydrogens is 136 g/mol. The molecule has 0 aromatic rings. The molecule has 2 amide bonds. The summed E-state index contributed by atoms with van der Waals surface area (Å²) in [5.41, 5.74) is 4.64. The Morgan fingerprint density at radius 1 is 1.60 bits per heavy atom. The van der Waals surface area contributed by atoms with Crippen LogP contribution < -0.4 is 11.1 Å². The van der Waals surface area contributed by atoms with Crippen LogP contribution in [-0.4, -0.2) is 25.2 Å². The first-order valence-corrected chi connectivity index (χ1v) is 2.75. The van der Waals surface area contributed by atoms with Crippen molar-refractivity contribution in [2.75, 3.05) is 7.05 Å². The number of hydrogen-bond acceptors (Lipinski definition) is 3. The number of amides is 2. The SMILES string of the molecule is CNC(=O)C(C)OC(N)=O. The van der Waals surface area contributed by atoms with Crippen molar-refractivity contribution >= 4 is 12.0 Å². The molecule has 0 spiro atoms. The average molecular weight is 146 g/mol. The smallest absolute Gasteiger partial charge is 0.405 e. The Hall–Kier alpha value is -1.26. The summed E-state index contributed by atoms with van der Waals surface area (Å²) in [4.78, 5) is 20.7. The molecule has 3 N–H and O–H groups in total. The molecule has 10 heavy (non-hydrogen) atoms. The number of rotatable bonds is 2. The van der Waals surface area contributed by atoms with Crippen LogP contribution in [-0.2, 0) is 9.53 Å². The quantitative estimate of drug-likeness (QED) is 0.536. The van der Waals surface area contributed by atoms with Gasteiger partial charge in [0, 0.05) is 7.05 Å². The van der Waals surface area contributed by atoms with Crippen LogP contribution in [0.4, 0.5) is 4.79 Å². The molecule has 5 nitrogen and oxygen atoms in total. The van der Waals surface area contributed by atoms with E-state index in [1.807, 2.05) is 0 Å². The first-order valence-electron chi connectivity index (χ1n) is 2.75. The Morgan fingerprint density at radius 3 is 2.40 bits per heavy atom. The van der Waals surface area contributed by atoms with E-state index in [0.717, 1.165) is 0 Å². The molecule has 0 rings (SSSR count). The molecule has 0 aromatic carbocycles. The van der Waals surface area contributed by atoms with Gasteiger partial charge in [0.25, 0.3) is 5.91 Å². The molecule has 0 radical (unpaired) electrons. The first-order chi connectivity index (χ1) is 4.57. The van der Waals surface area contributed by atoms with Gasteiger partial charge in [0.15, 0.2) is 6.10 Å². The molecule has 0 saturated carbocycles. The van der Waals surface area contributed by atoms with Crippen molar-refractivity contribution in [3.05, 3.63) is 0 Å². The predicted octanol–water partition coefficient (Wildman–Crippen LogP) is -0.784. The van der Waals surface area contributed by atoms with Gasteiger partial charge in [-0.1, -0.05) is 0 Å². The molecule has 0 bridgehead atoms. The molecule has 5 heteroatoms. The minimum Gasteiger partial charge on any atom is -0.437 e. The molecule has 0 aliphatic rings. The fraction of sp³-hybridized carbons (Fsp3) is 0.600. The lowest BCUT2D eigenvalue weighted by molar-refractivity contribution is -0.128. The largest absolute Gasteiger partial charge is 0.437 e. The van der Waals surface area contributed by atoms with E-state index < -0.39 is 12.2 Å². The van der Waals surface area contributed by atoms with E-state index in [-0.39, 0.29) is 5.91 Å². The van der Waals surface area contributed by atoms with E-state index in [0.29, 0.717) is 0 Å². The van der Waals surface area contributed by atoms with Crippen molar-refractivity contribution in [3.8, 4) is 0 Å². The lowest BCUT2D eigenvalue weighted by atomic mass is 10.4. The van der Waals surface area contributed by atoms with E-state index in [1.165, 1.54) is 14.0 Å². The van der Waals surface area contributed by atoms with Gasteiger partial charge in [-0.3, -0.25) is 4.79 Å². The Kier molecular flexibility index (Phi) is 3.24. The number of primary amides is 1. The van der Waals surface area contributed by atoms with E-state index in [9.17, 15) is 9.59 Å². The number of carbonyl (C=O) groups is 2. The van der Waals surface area contributed by atoms with Crippen LogP contribution in [0.3, 0.4) is 0 Å². The third-order valence-corrected chi connectivity index (χ3v) is 0.909. The fourth-order valence-electron chi connectivity index (χ4n) is 0.431. The highest BCUT2D eigenvalue weighted by molar-refractivity contribution is 5.82. The van der Waals surface area contributed by atoms with Crippen molar-refractivity contribution < 1.29 is 14.3 Å². The number of nitrogens with two attached hydrogens (primary N) is 1. The molecule has 1 unspecified atom stereocenters. The summed E-state index contributed by atoms with van der Waals surface area (Å²) in [6.45, 7) is 1.43. The van der Waals surface area contributed by atoms with Crippen LogP contribution in [0.5, 0.6) is 0 Å². The Balaban J connectivity index is 3.72. The molecule has 0 saturated heterocycles. The number of carbonyl (C=O) groups excluding carboxylic acids is 2. The third kappa shape index (κ3) is 2.91. The Bertz CT molecular complexity index is 146. The predicted molar refractivity (Wildman–Crippen MR) is 34.2 cm³/mol. The average Bonchev–Trinajstić information content (AvgIpc) is 1.85. The topological polar surface area (TPSA) is 81.4 Å². The number of likely N-dealkylation sites (N-methyl/N-ethyl adjacent to an activating group) is 1. The lowest BCUT2D eigenvalue weighted by Gasteiger charge is -2.08. The zero-order valence-corrected chi connectivity index (χ0v) is 5.88. The number of hydrogen-bond donors (Lipinski definition) is 2. The van der Waals surface area contributed by atoms with Crippen molar-refractivity contribution in [1.29, 1.82) is 0 Å². The summed E-state index contributed by atoms with van der Waals surface area (Å²) in [7, 11) is 1.45. The summed E-state index contributed by atoms with van der Waals surface area (Å²) in [6.07, 6.45) is -1.77. The van der Waals surface area contributed by atoms with Crippen molar-refractivity contribution in [3.63, 3.8) is 0 Å². The molecule has 0 aliphatic carbocycles. The van der Waals surface area contributed by atoms with E-state index in [1.54, 1.807) is 0 Å². The standard InChI is InChI=1S/C5H10N2O3/c1-3(4(8)7-2)10-5(6)9/h3H,1-2H3,(H2,6,9)(H,7,8). The number of ether oxygens (including phenoxy) is 1. The monoisotopic (exact) mass is 146 g/mol. The van der Waals surface area contributed by atoms with Crippen molar-refractivity contribution in [1.82, 2.24) is 5.32 Å². The highest BCUT2D eigenvalue weighted by Gasteiger charge is 2.13. The highest BCUT2D eigenvalue weighted by atomic mass is 16.6. The summed E-state index contributed by atoms with van der Waals surface area (Å²) >= 11 is 0. The second-order valence-corrected chi connectivity index (χ2v) is 1.69. The van der Waals surface area contributed by atoms with Gasteiger partial charge in [0.05, 0.1) is 0 Å². The zero-order valence-electron chi connectivity index (χ0n) is 5.88. The second kappa shape index (κ2) is 3.71. The number of nitrogens with one attached hydrogen (secondary N) is 1. The minimum atomic E-state index is -0.948. The van der Waals surface area contributed by atoms with Crippen LogP contribution in [0.1, 0.15) is 6.92 Å². The van der Waals surface area contributed by atoms with Gasteiger partial charge < -0.3 is 15.8 Å². The van der Waals surface area contributed by atoms with Gasteiger partial charge >= 0.3 is 6.09 Å². The Morgan fingerprint density at radius 2 is 2.10 bits per heavy atom. The van der Waals surface area contributed by atoms with Gasteiger partial charge in [-0.15, -0.1) is 0 Å². The van der Waals surface area contributed by atoms with Crippen LogP contribution in [0.25, 0.3) is 0 Å². The van der Waals surface area contributed by atoms with Crippen LogP contribution in [0, 0.1) is 0 Å². The molecule has 0 aliphatic heterocycles. The highest BCUT2D eigenvalue weighted by Crippen LogP contribution is 1.88. The second-order valence-electron chi connectivity index (χ2n) is 1.69. The summed E-state index contributed by atoms with van der Waals surface area (Å²) in [5, 5.41) is 2.30. The van der Waals surface area contributed by atoms with Gasteiger partial charge in [-0.05, 0) is 6.92 Å². The van der Waals surface area contributed by atoms with Gasteiger partial charge in [0.1, 0.15) is 0 Å². The van der Waals surface area contributed by atoms with Gasteiger partial charge in [-0.2, -0.15) is 0 Å². The third-order valence-electron chi connectivity index (χ3n) is 0.909. The van der Waals surface area contributed by atoms with Crippen LogP contribution in [0.2, 0.25) is 0 Å². The fourth-order valence-corrected chi connectivity index (χ4v) is 0.431. The van der Waals surface area contributed by atoms with Gasteiger partial charge in [0.2, 0.25) is 0 Å². The van der Waals surface area contributed by atoms with E-state index >= 15 is 0 Å². The molecule has 0 aromatic heterocycles. The summed E-state index contributed by atoms with van der Waals surface area (Å²) in [6, 6.07) is 0. The van der Waals surface area contributed by atoms with Crippen LogP contribution >= 0.6 is 0 Å². The van der Waals surface area contributed by atoms with Crippen molar-refractivity contribution in [2.24, 2.45) is 5.73 Å². The molecule has 1 atom stereocenters. The van der Waals surface area contributed by atoms with Crippen LogP contribution in [0.15, 0.2) is 0 Å². The summed E-state index contributed by atoms with van der Waals surface area (Å²) < 4.78 is 4.33.